The van der Waals surface area contributed by atoms with Gasteiger partial charge in [0.05, 0.1) is 28.8 Å². The summed E-state index contributed by atoms with van der Waals surface area (Å²) in [5, 5.41) is 2.36. The van der Waals surface area contributed by atoms with E-state index in [0.29, 0.717) is 11.4 Å². The Morgan fingerprint density at radius 3 is 2.11 bits per heavy atom. The van der Waals surface area contributed by atoms with Crippen molar-refractivity contribution in [3.05, 3.63) is 83.9 Å². The first-order valence-electron chi connectivity index (χ1n) is 10.8. The van der Waals surface area contributed by atoms with Crippen molar-refractivity contribution in [3.63, 3.8) is 0 Å². The van der Waals surface area contributed by atoms with Crippen LogP contribution in [0.25, 0.3) is 0 Å². The number of hydrogen-bond donors (Lipinski definition) is 1. The van der Waals surface area contributed by atoms with Gasteiger partial charge in [-0.2, -0.15) is 13.2 Å². The van der Waals surface area contributed by atoms with Gasteiger partial charge in [-0.05, 0) is 67.6 Å². The Morgan fingerprint density at radius 2 is 1.54 bits per heavy atom. The van der Waals surface area contributed by atoms with Crippen molar-refractivity contribution < 1.29 is 40.7 Å². The van der Waals surface area contributed by atoms with Gasteiger partial charge >= 0.3 is 12.1 Å². The van der Waals surface area contributed by atoms with Crippen molar-refractivity contribution in [2.75, 3.05) is 23.8 Å². The lowest BCUT2D eigenvalue weighted by Gasteiger charge is -2.21. The molecule has 3 aromatic carbocycles. The number of alkyl halides is 3. The fraction of sp³-hybridized carbons (Fsp3) is 0.200. The Kier molecular flexibility index (Phi) is 8.12. The molecule has 3 rings (SSSR count). The van der Waals surface area contributed by atoms with Gasteiger partial charge in [-0.1, -0.05) is 12.1 Å². The molecule has 37 heavy (non-hydrogen) atoms. The molecule has 1 amide bonds. The smallest absolute Gasteiger partial charge is 0.416 e. The van der Waals surface area contributed by atoms with Crippen molar-refractivity contribution in [2.24, 2.45) is 0 Å². The molecule has 196 valence electrons. The van der Waals surface area contributed by atoms with E-state index in [2.05, 4.69) is 5.32 Å². The Hall–Kier alpha value is -4.06. The number of carbonyl (C=O) groups is 2. The molecule has 1 atom stereocenters. The van der Waals surface area contributed by atoms with Crippen LogP contribution in [-0.4, -0.2) is 40.6 Å². The molecule has 0 aliphatic rings. The highest BCUT2D eigenvalue weighted by Gasteiger charge is 2.30. The molecule has 0 saturated heterocycles. The van der Waals surface area contributed by atoms with E-state index in [0.717, 1.165) is 28.6 Å². The SMILES string of the molecule is COc1ccccc1N(C)S(=O)(=O)c1ccc(C(=O)OC(C)C(=O)Nc2ccc(C(F)(F)F)cc2)cc1. The van der Waals surface area contributed by atoms with Gasteiger partial charge in [0.1, 0.15) is 5.75 Å². The zero-order valence-corrected chi connectivity index (χ0v) is 20.8. The number of hydrogen-bond acceptors (Lipinski definition) is 6. The van der Waals surface area contributed by atoms with Crippen LogP contribution in [0.5, 0.6) is 5.75 Å². The number of nitrogens with zero attached hydrogens (tertiary/aromatic N) is 1. The summed E-state index contributed by atoms with van der Waals surface area (Å²) in [6, 6.07) is 15.3. The van der Waals surface area contributed by atoms with E-state index in [4.69, 9.17) is 9.47 Å². The van der Waals surface area contributed by atoms with Crippen LogP contribution >= 0.6 is 0 Å². The highest BCUT2D eigenvalue weighted by molar-refractivity contribution is 7.92. The normalized spacial score (nSPS) is 12.4. The van der Waals surface area contributed by atoms with Crippen LogP contribution < -0.4 is 14.4 Å². The number of anilines is 2. The molecule has 0 aliphatic carbocycles. The molecule has 0 heterocycles. The zero-order valence-electron chi connectivity index (χ0n) is 19.9. The molecule has 1 unspecified atom stereocenters. The second-order valence-corrected chi connectivity index (χ2v) is 9.75. The molecule has 8 nitrogen and oxygen atoms in total. The van der Waals surface area contributed by atoms with Gasteiger partial charge in [0.2, 0.25) is 0 Å². The lowest BCUT2D eigenvalue weighted by molar-refractivity contribution is -0.137. The summed E-state index contributed by atoms with van der Waals surface area (Å²) >= 11 is 0. The Morgan fingerprint density at radius 1 is 0.946 bits per heavy atom. The average Bonchev–Trinajstić information content (AvgIpc) is 2.87. The molecular weight excluding hydrogens is 513 g/mol. The standard InChI is InChI=1S/C25H23F3N2O6S/c1-16(23(31)29-19-12-10-18(11-13-19)25(26,27)28)36-24(32)17-8-14-20(15-9-17)37(33,34)30(2)21-6-4-5-7-22(21)35-3/h4-16H,1-3H3,(H,29,31). The number of para-hydroxylation sites is 2. The maximum absolute atomic E-state index is 13.0. The molecule has 0 spiro atoms. The number of sulfonamides is 1. The summed E-state index contributed by atoms with van der Waals surface area (Å²) < 4.78 is 75.5. The molecule has 0 aromatic heterocycles. The molecule has 3 aromatic rings. The number of esters is 1. The van der Waals surface area contributed by atoms with Gasteiger partial charge in [-0.3, -0.25) is 9.10 Å². The van der Waals surface area contributed by atoms with Crippen molar-refractivity contribution in [1.82, 2.24) is 0 Å². The number of ether oxygens (including phenoxy) is 2. The third kappa shape index (κ3) is 6.39. The molecule has 0 radical (unpaired) electrons. The molecule has 12 heteroatoms. The Bertz CT molecular complexity index is 1370. The number of nitrogens with one attached hydrogen (secondary N) is 1. The Balaban J connectivity index is 1.66. The van der Waals surface area contributed by atoms with Gasteiger partial charge in [0, 0.05) is 12.7 Å². The summed E-state index contributed by atoms with van der Waals surface area (Å²) in [6.45, 7) is 1.29. The predicted octanol–water partition coefficient (Wildman–Crippen LogP) is 4.72. The van der Waals surface area contributed by atoms with Crippen LogP contribution in [0, 0.1) is 0 Å². The van der Waals surface area contributed by atoms with E-state index in [1.807, 2.05) is 0 Å². The number of methoxy groups -OCH3 is 1. The minimum Gasteiger partial charge on any atom is -0.495 e. The van der Waals surface area contributed by atoms with Crippen molar-refractivity contribution in [1.29, 1.82) is 0 Å². The number of halogens is 3. The quantitative estimate of drug-likeness (QED) is 0.418. The summed E-state index contributed by atoms with van der Waals surface area (Å²) in [4.78, 5) is 24.7. The third-order valence-corrected chi connectivity index (χ3v) is 7.09. The van der Waals surface area contributed by atoms with E-state index in [9.17, 15) is 31.2 Å². The topological polar surface area (TPSA) is 102 Å². The molecule has 1 N–H and O–H groups in total. The van der Waals surface area contributed by atoms with E-state index in [-0.39, 0.29) is 16.1 Å². The van der Waals surface area contributed by atoms with E-state index >= 15 is 0 Å². The first-order chi connectivity index (χ1) is 17.3. The summed E-state index contributed by atoms with van der Waals surface area (Å²) in [5.74, 6) is -1.29. The van der Waals surface area contributed by atoms with Crippen LogP contribution in [-0.2, 0) is 25.7 Å². The van der Waals surface area contributed by atoms with E-state index in [1.165, 1.54) is 45.3 Å². The number of rotatable bonds is 8. The second kappa shape index (κ2) is 10.9. The predicted molar refractivity (Wildman–Crippen MR) is 130 cm³/mol. The maximum Gasteiger partial charge on any atom is 0.416 e. The van der Waals surface area contributed by atoms with Crippen LogP contribution in [0.15, 0.2) is 77.7 Å². The first kappa shape index (κ1) is 27.5. The van der Waals surface area contributed by atoms with Gasteiger partial charge < -0.3 is 14.8 Å². The van der Waals surface area contributed by atoms with Gasteiger partial charge in [-0.25, -0.2) is 13.2 Å². The van der Waals surface area contributed by atoms with Crippen molar-refractivity contribution in [3.8, 4) is 5.75 Å². The van der Waals surface area contributed by atoms with Crippen LogP contribution in [0.2, 0.25) is 0 Å². The first-order valence-corrected chi connectivity index (χ1v) is 12.2. The van der Waals surface area contributed by atoms with Crippen molar-refractivity contribution >= 4 is 33.3 Å². The highest BCUT2D eigenvalue weighted by Crippen LogP contribution is 2.31. The fourth-order valence-corrected chi connectivity index (χ4v) is 4.42. The van der Waals surface area contributed by atoms with E-state index < -0.39 is 39.7 Å². The second-order valence-electron chi connectivity index (χ2n) is 7.78. The lowest BCUT2D eigenvalue weighted by atomic mass is 10.2. The minimum absolute atomic E-state index is 0.00641. The largest absolute Gasteiger partial charge is 0.495 e. The van der Waals surface area contributed by atoms with Crippen LogP contribution in [0.4, 0.5) is 24.5 Å². The highest BCUT2D eigenvalue weighted by atomic mass is 32.2. The molecular formula is C25H23F3N2O6S. The third-order valence-electron chi connectivity index (χ3n) is 5.31. The molecule has 0 saturated carbocycles. The summed E-state index contributed by atoms with van der Waals surface area (Å²) in [6.07, 6.45) is -5.79. The van der Waals surface area contributed by atoms with Gasteiger partial charge in [0.25, 0.3) is 15.9 Å². The number of benzene rings is 3. The fourth-order valence-electron chi connectivity index (χ4n) is 3.21. The lowest BCUT2D eigenvalue weighted by Crippen LogP contribution is -2.30. The van der Waals surface area contributed by atoms with Crippen LogP contribution in [0.3, 0.4) is 0 Å². The molecule has 0 fully saturated rings. The average molecular weight is 537 g/mol. The maximum atomic E-state index is 13.0. The molecule has 0 bridgehead atoms. The number of carbonyl (C=O) groups excluding carboxylic acids is 2. The summed E-state index contributed by atoms with van der Waals surface area (Å²) in [7, 11) is -1.20. The molecule has 0 aliphatic heterocycles. The summed E-state index contributed by atoms with van der Waals surface area (Å²) in [5.41, 5.74) is -0.464. The number of amides is 1. The van der Waals surface area contributed by atoms with Crippen LogP contribution in [0.1, 0.15) is 22.8 Å². The van der Waals surface area contributed by atoms with Gasteiger partial charge in [0.15, 0.2) is 6.10 Å². The minimum atomic E-state index is -4.51. The van der Waals surface area contributed by atoms with E-state index in [1.54, 1.807) is 24.3 Å². The monoisotopic (exact) mass is 536 g/mol. The Labute approximate surface area is 211 Å². The van der Waals surface area contributed by atoms with Gasteiger partial charge in [-0.15, -0.1) is 0 Å². The van der Waals surface area contributed by atoms with Crippen molar-refractivity contribution in [2.45, 2.75) is 24.1 Å². The zero-order chi connectivity index (χ0) is 27.4.